The molecule has 1 fully saturated rings. The molecule has 1 aliphatic rings. The van der Waals surface area contributed by atoms with Crippen LogP contribution in [0.3, 0.4) is 0 Å². The van der Waals surface area contributed by atoms with E-state index in [9.17, 15) is 9.90 Å². The fraction of sp³-hybridized carbons (Fsp3) is 0.750. The number of likely N-dealkylation sites (tertiary alicyclic amines) is 1. The summed E-state index contributed by atoms with van der Waals surface area (Å²) in [4.78, 5) is 13.3. The lowest BCUT2D eigenvalue weighted by atomic mass is 9.93. The Morgan fingerprint density at radius 2 is 2.19 bits per heavy atom. The predicted molar refractivity (Wildman–Crippen MR) is 62.2 cm³/mol. The SMILES string of the molecule is C=CC1(O)CCCN(C(=O)OC(C)(C)C)C1. The van der Waals surface area contributed by atoms with Crippen molar-refractivity contribution in [1.82, 2.24) is 4.90 Å². The van der Waals surface area contributed by atoms with E-state index in [1.165, 1.54) is 11.0 Å². The van der Waals surface area contributed by atoms with Gasteiger partial charge in [-0.3, -0.25) is 0 Å². The first-order valence-electron chi connectivity index (χ1n) is 5.60. The van der Waals surface area contributed by atoms with Gasteiger partial charge < -0.3 is 14.7 Å². The molecule has 1 heterocycles. The van der Waals surface area contributed by atoms with E-state index in [2.05, 4.69) is 6.58 Å². The number of carbonyl (C=O) groups is 1. The normalized spacial score (nSPS) is 26.4. The van der Waals surface area contributed by atoms with Crippen molar-refractivity contribution in [2.45, 2.75) is 44.8 Å². The molecule has 1 rings (SSSR count). The number of amides is 1. The molecule has 0 radical (unpaired) electrons. The summed E-state index contributed by atoms with van der Waals surface area (Å²) in [5, 5.41) is 10.0. The number of nitrogens with zero attached hydrogens (tertiary/aromatic N) is 1. The van der Waals surface area contributed by atoms with Crippen LogP contribution >= 0.6 is 0 Å². The van der Waals surface area contributed by atoms with Crippen LogP contribution in [0, 0.1) is 0 Å². The van der Waals surface area contributed by atoms with E-state index in [0.717, 1.165) is 6.42 Å². The van der Waals surface area contributed by atoms with E-state index >= 15 is 0 Å². The van der Waals surface area contributed by atoms with Gasteiger partial charge in [0.2, 0.25) is 0 Å². The topological polar surface area (TPSA) is 49.8 Å². The van der Waals surface area contributed by atoms with Crippen LogP contribution in [0.1, 0.15) is 33.6 Å². The van der Waals surface area contributed by atoms with Gasteiger partial charge in [0.1, 0.15) is 11.2 Å². The molecule has 1 saturated heterocycles. The second kappa shape index (κ2) is 4.45. The number of β-amino-alcohol motifs (C(OH)–C–C–N with tert-alkyl or cyclic N) is 1. The summed E-state index contributed by atoms with van der Waals surface area (Å²) >= 11 is 0. The zero-order chi connectivity index (χ0) is 12.4. The average molecular weight is 227 g/mol. The number of aliphatic hydroxyl groups is 1. The maximum absolute atomic E-state index is 11.8. The van der Waals surface area contributed by atoms with Crippen molar-refractivity contribution in [3.05, 3.63) is 12.7 Å². The molecule has 1 amide bonds. The molecule has 16 heavy (non-hydrogen) atoms. The minimum Gasteiger partial charge on any atom is -0.444 e. The van der Waals surface area contributed by atoms with Crippen molar-refractivity contribution < 1.29 is 14.6 Å². The highest BCUT2D eigenvalue weighted by molar-refractivity contribution is 5.68. The summed E-state index contributed by atoms with van der Waals surface area (Å²) in [6, 6.07) is 0. The second-order valence-corrected chi connectivity index (χ2v) is 5.31. The molecule has 1 atom stereocenters. The number of hydrogen-bond acceptors (Lipinski definition) is 3. The van der Waals surface area contributed by atoms with Gasteiger partial charge in [-0.2, -0.15) is 0 Å². The third-order valence-electron chi connectivity index (χ3n) is 2.53. The highest BCUT2D eigenvalue weighted by Crippen LogP contribution is 2.23. The Morgan fingerprint density at radius 3 is 2.69 bits per heavy atom. The minimum atomic E-state index is -0.963. The Kier molecular flexibility index (Phi) is 3.63. The lowest BCUT2D eigenvalue weighted by Crippen LogP contribution is -2.50. The molecule has 1 unspecified atom stereocenters. The van der Waals surface area contributed by atoms with Crippen LogP contribution in [0.15, 0.2) is 12.7 Å². The van der Waals surface area contributed by atoms with Gasteiger partial charge in [0.15, 0.2) is 0 Å². The summed E-state index contributed by atoms with van der Waals surface area (Å²) in [5.74, 6) is 0. The summed E-state index contributed by atoms with van der Waals surface area (Å²) in [6.45, 7) is 9.98. The molecular formula is C12H21NO3. The Morgan fingerprint density at radius 1 is 1.56 bits per heavy atom. The van der Waals surface area contributed by atoms with Gasteiger partial charge in [-0.05, 0) is 33.6 Å². The lowest BCUT2D eigenvalue weighted by Gasteiger charge is -2.37. The molecule has 0 spiro atoms. The van der Waals surface area contributed by atoms with Crippen molar-refractivity contribution in [2.24, 2.45) is 0 Å². The van der Waals surface area contributed by atoms with Crippen LogP contribution in [-0.4, -0.2) is 40.4 Å². The molecular weight excluding hydrogens is 206 g/mol. The van der Waals surface area contributed by atoms with Crippen LogP contribution < -0.4 is 0 Å². The molecule has 0 bridgehead atoms. The number of rotatable bonds is 1. The maximum atomic E-state index is 11.8. The monoisotopic (exact) mass is 227 g/mol. The standard InChI is InChI=1S/C12H21NO3/c1-5-12(15)7-6-8-13(9-12)10(14)16-11(2,3)4/h5,15H,1,6-9H2,2-4H3. The first-order valence-corrected chi connectivity index (χ1v) is 5.60. The molecule has 0 aromatic rings. The van der Waals surface area contributed by atoms with Gasteiger partial charge in [-0.1, -0.05) is 6.08 Å². The fourth-order valence-corrected chi connectivity index (χ4v) is 1.71. The molecule has 92 valence electrons. The van der Waals surface area contributed by atoms with E-state index in [1.807, 2.05) is 20.8 Å². The lowest BCUT2D eigenvalue weighted by molar-refractivity contribution is -0.0189. The van der Waals surface area contributed by atoms with Crippen molar-refractivity contribution in [3.8, 4) is 0 Å². The quantitative estimate of drug-likeness (QED) is 0.696. The number of carbonyl (C=O) groups excluding carboxylic acids is 1. The molecule has 1 aliphatic heterocycles. The summed E-state index contributed by atoms with van der Waals surface area (Å²) in [7, 11) is 0. The first kappa shape index (κ1) is 13.0. The average Bonchev–Trinajstić information content (AvgIpc) is 2.15. The van der Waals surface area contributed by atoms with Crippen LogP contribution in [0.5, 0.6) is 0 Å². The molecule has 4 nitrogen and oxygen atoms in total. The van der Waals surface area contributed by atoms with E-state index in [1.54, 1.807) is 0 Å². The van der Waals surface area contributed by atoms with E-state index in [0.29, 0.717) is 13.0 Å². The smallest absolute Gasteiger partial charge is 0.410 e. The van der Waals surface area contributed by atoms with E-state index < -0.39 is 11.2 Å². The van der Waals surface area contributed by atoms with Crippen LogP contribution in [0.4, 0.5) is 4.79 Å². The second-order valence-electron chi connectivity index (χ2n) is 5.31. The van der Waals surface area contributed by atoms with Gasteiger partial charge >= 0.3 is 6.09 Å². The van der Waals surface area contributed by atoms with E-state index in [-0.39, 0.29) is 12.6 Å². The zero-order valence-corrected chi connectivity index (χ0v) is 10.3. The van der Waals surface area contributed by atoms with Crippen LogP contribution in [0.25, 0.3) is 0 Å². The first-order chi connectivity index (χ1) is 7.26. The van der Waals surface area contributed by atoms with Crippen molar-refractivity contribution in [3.63, 3.8) is 0 Å². The Hall–Kier alpha value is -1.03. The van der Waals surface area contributed by atoms with Crippen molar-refractivity contribution in [2.75, 3.05) is 13.1 Å². The van der Waals surface area contributed by atoms with Crippen LogP contribution in [-0.2, 0) is 4.74 Å². The van der Waals surface area contributed by atoms with Gasteiger partial charge in [0.05, 0.1) is 6.54 Å². The van der Waals surface area contributed by atoms with Crippen molar-refractivity contribution in [1.29, 1.82) is 0 Å². The molecule has 0 aromatic heterocycles. The van der Waals surface area contributed by atoms with Gasteiger partial charge in [-0.15, -0.1) is 6.58 Å². The van der Waals surface area contributed by atoms with Crippen molar-refractivity contribution >= 4 is 6.09 Å². The van der Waals surface area contributed by atoms with E-state index in [4.69, 9.17) is 4.74 Å². The number of hydrogen-bond donors (Lipinski definition) is 1. The third kappa shape index (κ3) is 3.52. The van der Waals surface area contributed by atoms with Crippen LogP contribution in [0.2, 0.25) is 0 Å². The largest absolute Gasteiger partial charge is 0.444 e. The Labute approximate surface area is 96.9 Å². The summed E-state index contributed by atoms with van der Waals surface area (Å²) in [5.41, 5.74) is -1.46. The molecule has 0 aromatic carbocycles. The predicted octanol–water partition coefficient (Wildman–Crippen LogP) is 1.93. The molecule has 1 N–H and O–H groups in total. The van der Waals surface area contributed by atoms with Gasteiger partial charge in [0.25, 0.3) is 0 Å². The molecule has 0 aliphatic carbocycles. The Bertz CT molecular complexity index is 282. The number of ether oxygens (including phenoxy) is 1. The summed E-state index contributed by atoms with van der Waals surface area (Å²) in [6.07, 6.45) is 2.55. The zero-order valence-electron chi connectivity index (χ0n) is 10.3. The highest BCUT2D eigenvalue weighted by atomic mass is 16.6. The van der Waals surface area contributed by atoms with Gasteiger partial charge in [-0.25, -0.2) is 4.79 Å². The highest BCUT2D eigenvalue weighted by Gasteiger charge is 2.34. The molecule has 0 saturated carbocycles. The minimum absolute atomic E-state index is 0.269. The molecule has 4 heteroatoms. The Balaban J connectivity index is 2.61. The fourth-order valence-electron chi connectivity index (χ4n) is 1.71. The maximum Gasteiger partial charge on any atom is 0.410 e. The summed E-state index contributed by atoms with van der Waals surface area (Å²) < 4.78 is 5.26. The number of piperidine rings is 1. The third-order valence-corrected chi connectivity index (χ3v) is 2.53. The van der Waals surface area contributed by atoms with Gasteiger partial charge in [0, 0.05) is 6.54 Å².